The Morgan fingerprint density at radius 1 is 1.11 bits per heavy atom. The number of carbonyl (C=O) groups is 1. The number of nitrogens with two attached hydrogens (primary N) is 1. The molecule has 1 unspecified atom stereocenters. The van der Waals surface area contributed by atoms with E-state index in [1.54, 1.807) is 12.4 Å². The first-order valence-corrected chi connectivity index (χ1v) is 6.23. The van der Waals surface area contributed by atoms with Crippen LogP contribution < -0.4 is 11.1 Å². The molecule has 0 saturated heterocycles. The van der Waals surface area contributed by atoms with Gasteiger partial charge in [-0.25, -0.2) is 4.79 Å². The molecule has 0 aliphatic heterocycles. The molecule has 0 radical (unpaired) electrons. The predicted molar refractivity (Wildman–Crippen MR) is 74.6 cm³/mol. The van der Waals surface area contributed by atoms with E-state index in [9.17, 15) is 4.79 Å². The molecule has 3 N–H and O–H groups in total. The van der Waals surface area contributed by atoms with Gasteiger partial charge in [0.25, 0.3) is 0 Å². The highest BCUT2D eigenvalue weighted by Gasteiger charge is 2.12. The molecule has 98 valence electrons. The summed E-state index contributed by atoms with van der Waals surface area (Å²) in [6.45, 7) is 0. The molecule has 0 aliphatic carbocycles. The molecule has 4 nitrogen and oxygen atoms in total. The maximum absolute atomic E-state index is 11.1. The van der Waals surface area contributed by atoms with Crippen molar-refractivity contribution in [3.05, 3.63) is 66.0 Å². The number of pyridine rings is 1. The van der Waals surface area contributed by atoms with Crippen molar-refractivity contribution in [2.45, 2.75) is 18.9 Å². The number of benzene rings is 1. The fourth-order valence-corrected chi connectivity index (χ4v) is 2.08. The monoisotopic (exact) mass is 255 g/mol. The summed E-state index contributed by atoms with van der Waals surface area (Å²) in [5, 5.41) is 2.79. The number of carbonyl (C=O) groups excluding carboxylic acids is 1. The molecular weight excluding hydrogens is 238 g/mol. The van der Waals surface area contributed by atoms with Gasteiger partial charge in [-0.05, 0) is 30.0 Å². The van der Waals surface area contributed by atoms with Crippen LogP contribution in [0, 0.1) is 0 Å². The molecule has 1 aromatic carbocycles. The molecule has 2 rings (SSSR count). The molecule has 2 amide bonds. The molecule has 2 aromatic rings. The van der Waals surface area contributed by atoms with Gasteiger partial charge < -0.3 is 11.1 Å². The van der Waals surface area contributed by atoms with Gasteiger partial charge >= 0.3 is 6.03 Å². The standard InChI is InChI=1S/C15H17N3O/c16-15(19)18-14(9-12-5-2-1-3-6-12)10-13-7-4-8-17-11-13/h1-8,11,14H,9-10H2,(H3,16,18,19). The summed E-state index contributed by atoms with van der Waals surface area (Å²) in [5.74, 6) is 0. The number of primary amides is 1. The highest BCUT2D eigenvalue weighted by Crippen LogP contribution is 2.08. The van der Waals surface area contributed by atoms with E-state index in [4.69, 9.17) is 5.73 Å². The Morgan fingerprint density at radius 3 is 2.42 bits per heavy atom. The lowest BCUT2D eigenvalue weighted by molar-refractivity contribution is 0.245. The fourth-order valence-electron chi connectivity index (χ4n) is 2.08. The van der Waals surface area contributed by atoms with Gasteiger partial charge in [-0.15, -0.1) is 0 Å². The largest absolute Gasteiger partial charge is 0.352 e. The Balaban J connectivity index is 2.06. The Hall–Kier alpha value is -2.36. The average Bonchev–Trinajstić information content (AvgIpc) is 2.40. The second kappa shape index (κ2) is 6.54. The zero-order chi connectivity index (χ0) is 13.5. The summed E-state index contributed by atoms with van der Waals surface area (Å²) in [6, 6.07) is 13.4. The fraction of sp³-hybridized carbons (Fsp3) is 0.200. The molecule has 4 heteroatoms. The lowest BCUT2D eigenvalue weighted by Crippen LogP contribution is -2.41. The lowest BCUT2D eigenvalue weighted by Gasteiger charge is -2.17. The molecule has 1 heterocycles. The first-order valence-electron chi connectivity index (χ1n) is 6.23. The number of rotatable bonds is 5. The minimum atomic E-state index is -0.496. The van der Waals surface area contributed by atoms with E-state index < -0.39 is 6.03 Å². The summed E-state index contributed by atoms with van der Waals surface area (Å²) in [4.78, 5) is 15.2. The Labute approximate surface area is 112 Å². The van der Waals surface area contributed by atoms with Crippen molar-refractivity contribution in [1.29, 1.82) is 0 Å². The number of aromatic nitrogens is 1. The molecule has 1 atom stereocenters. The van der Waals surface area contributed by atoms with E-state index in [1.165, 1.54) is 5.56 Å². The second-order valence-electron chi connectivity index (χ2n) is 4.46. The van der Waals surface area contributed by atoms with Gasteiger partial charge in [0.05, 0.1) is 0 Å². The Kier molecular flexibility index (Phi) is 4.50. The summed E-state index contributed by atoms with van der Waals surface area (Å²) >= 11 is 0. The van der Waals surface area contributed by atoms with Gasteiger partial charge in [-0.1, -0.05) is 36.4 Å². The Morgan fingerprint density at radius 2 is 1.79 bits per heavy atom. The number of hydrogen-bond donors (Lipinski definition) is 2. The van der Waals surface area contributed by atoms with Crippen molar-refractivity contribution in [2.24, 2.45) is 5.73 Å². The third-order valence-electron chi connectivity index (χ3n) is 2.88. The van der Waals surface area contributed by atoms with Crippen LogP contribution in [0.4, 0.5) is 4.79 Å². The van der Waals surface area contributed by atoms with E-state index in [1.807, 2.05) is 42.5 Å². The Bertz CT molecular complexity index is 472. The van der Waals surface area contributed by atoms with E-state index in [-0.39, 0.29) is 6.04 Å². The van der Waals surface area contributed by atoms with Gasteiger partial charge in [0, 0.05) is 18.4 Å². The number of hydrogen-bond acceptors (Lipinski definition) is 2. The highest BCUT2D eigenvalue weighted by molar-refractivity contribution is 5.72. The second-order valence-corrected chi connectivity index (χ2v) is 4.46. The van der Waals surface area contributed by atoms with Gasteiger partial charge in [-0.3, -0.25) is 4.98 Å². The number of amides is 2. The van der Waals surface area contributed by atoms with Crippen LogP contribution >= 0.6 is 0 Å². The average molecular weight is 255 g/mol. The molecular formula is C15H17N3O. The van der Waals surface area contributed by atoms with Crippen molar-refractivity contribution >= 4 is 6.03 Å². The summed E-state index contributed by atoms with van der Waals surface area (Å²) in [6.07, 6.45) is 5.00. The molecule has 0 bridgehead atoms. The molecule has 0 spiro atoms. The zero-order valence-corrected chi connectivity index (χ0v) is 10.6. The third kappa shape index (κ3) is 4.43. The van der Waals surface area contributed by atoms with Crippen LogP contribution in [0.1, 0.15) is 11.1 Å². The number of nitrogens with one attached hydrogen (secondary N) is 1. The van der Waals surface area contributed by atoms with Gasteiger partial charge in [0.1, 0.15) is 0 Å². The van der Waals surface area contributed by atoms with Crippen LogP contribution in [0.5, 0.6) is 0 Å². The van der Waals surface area contributed by atoms with E-state index >= 15 is 0 Å². The van der Waals surface area contributed by atoms with Crippen molar-refractivity contribution in [2.75, 3.05) is 0 Å². The normalized spacial score (nSPS) is 11.8. The highest BCUT2D eigenvalue weighted by atomic mass is 16.2. The lowest BCUT2D eigenvalue weighted by atomic mass is 10.00. The number of urea groups is 1. The maximum atomic E-state index is 11.1. The van der Waals surface area contributed by atoms with E-state index in [2.05, 4.69) is 10.3 Å². The maximum Gasteiger partial charge on any atom is 0.312 e. The zero-order valence-electron chi connectivity index (χ0n) is 10.6. The SMILES string of the molecule is NC(=O)NC(Cc1ccccc1)Cc1cccnc1. The third-order valence-corrected chi connectivity index (χ3v) is 2.88. The van der Waals surface area contributed by atoms with E-state index in [0.29, 0.717) is 6.42 Å². The van der Waals surface area contributed by atoms with Crippen molar-refractivity contribution in [3.8, 4) is 0 Å². The summed E-state index contributed by atoms with van der Waals surface area (Å²) < 4.78 is 0. The quantitative estimate of drug-likeness (QED) is 0.856. The van der Waals surface area contributed by atoms with Crippen molar-refractivity contribution in [3.63, 3.8) is 0 Å². The van der Waals surface area contributed by atoms with Crippen molar-refractivity contribution in [1.82, 2.24) is 10.3 Å². The smallest absolute Gasteiger partial charge is 0.312 e. The van der Waals surface area contributed by atoms with Crippen LogP contribution in [0.3, 0.4) is 0 Å². The van der Waals surface area contributed by atoms with E-state index in [0.717, 1.165) is 12.0 Å². The summed E-state index contributed by atoms with van der Waals surface area (Å²) in [7, 11) is 0. The van der Waals surface area contributed by atoms with Crippen molar-refractivity contribution < 1.29 is 4.79 Å². The first-order chi connectivity index (χ1) is 9.24. The molecule has 0 aliphatic rings. The van der Waals surface area contributed by atoms with Crippen LogP contribution in [-0.4, -0.2) is 17.1 Å². The predicted octanol–water partition coefficient (Wildman–Crippen LogP) is 1.90. The molecule has 0 saturated carbocycles. The van der Waals surface area contributed by atoms with Gasteiger partial charge in [-0.2, -0.15) is 0 Å². The van der Waals surface area contributed by atoms with Gasteiger partial charge in [0.15, 0.2) is 0 Å². The summed E-state index contributed by atoms with van der Waals surface area (Å²) in [5.41, 5.74) is 7.49. The minimum Gasteiger partial charge on any atom is -0.352 e. The van der Waals surface area contributed by atoms with Crippen LogP contribution in [-0.2, 0) is 12.8 Å². The van der Waals surface area contributed by atoms with Crippen LogP contribution in [0.25, 0.3) is 0 Å². The molecule has 1 aromatic heterocycles. The number of nitrogens with zero attached hydrogens (tertiary/aromatic N) is 1. The first kappa shape index (κ1) is 13.1. The molecule has 19 heavy (non-hydrogen) atoms. The van der Waals surface area contributed by atoms with Crippen LogP contribution in [0.15, 0.2) is 54.9 Å². The van der Waals surface area contributed by atoms with Gasteiger partial charge in [0.2, 0.25) is 0 Å². The van der Waals surface area contributed by atoms with Crippen LogP contribution in [0.2, 0.25) is 0 Å². The topological polar surface area (TPSA) is 68.0 Å². The minimum absolute atomic E-state index is 0.0240. The molecule has 0 fully saturated rings.